The fraction of sp³-hybridized carbons (Fsp3) is 0.0667. The fourth-order valence-electron chi connectivity index (χ4n) is 5.04. The third-order valence-electron chi connectivity index (χ3n) is 6.83. The van der Waals surface area contributed by atoms with Crippen LogP contribution in [0.2, 0.25) is 0 Å². The first kappa shape index (κ1) is 25.3. The van der Waals surface area contributed by atoms with Crippen molar-refractivity contribution in [2.24, 2.45) is 0 Å². The molecule has 0 aliphatic heterocycles. The van der Waals surface area contributed by atoms with Crippen LogP contribution in [0.25, 0.3) is 0 Å². The van der Waals surface area contributed by atoms with Crippen LogP contribution in [-0.4, -0.2) is 33.1 Å². The molecular weight excluding hydrogens is 559 g/mol. The number of rotatable bonds is 4. The summed E-state index contributed by atoms with van der Waals surface area (Å²) in [4.78, 5) is 53.2. The van der Waals surface area contributed by atoms with Gasteiger partial charge in [-0.25, -0.2) is 0 Å². The van der Waals surface area contributed by atoms with Crippen LogP contribution < -0.4 is 10.6 Å². The number of alkyl halides is 3. The van der Waals surface area contributed by atoms with E-state index in [1.54, 1.807) is 84.9 Å². The number of anilines is 2. The first-order valence-electron chi connectivity index (χ1n) is 11.9. The molecule has 0 saturated heterocycles. The molecule has 0 atom stereocenters. The van der Waals surface area contributed by atoms with Gasteiger partial charge in [-0.15, -0.1) is 0 Å². The van der Waals surface area contributed by atoms with Gasteiger partial charge in [0.2, 0.25) is 3.79 Å². The molecule has 6 nitrogen and oxygen atoms in total. The minimum absolute atomic E-state index is 0.150. The zero-order chi connectivity index (χ0) is 27.5. The molecule has 2 aliphatic rings. The van der Waals surface area contributed by atoms with Crippen molar-refractivity contribution in [3.05, 3.63) is 129 Å². The van der Waals surface area contributed by atoms with E-state index in [2.05, 4.69) is 10.6 Å². The van der Waals surface area contributed by atoms with Crippen molar-refractivity contribution in [2.45, 2.75) is 9.96 Å². The largest absolute Gasteiger partial charge is 0.361 e. The van der Waals surface area contributed by atoms with Gasteiger partial charge in [-0.2, -0.15) is 0 Å². The van der Waals surface area contributed by atoms with E-state index in [-0.39, 0.29) is 67.9 Å². The maximum Gasteiger partial charge on any atom is 0.228 e. The number of carbonyl (C=O) groups is 4. The van der Waals surface area contributed by atoms with E-state index in [0.29, 0.717) is 11.1 Å². The minimum Gasteiger partial charge on any atom is -0.361 e. The summed E-state index contributed by atoms with van der Waals surface area (Å²) in [6.07, 6.45) is -1.18. The zero-order valence-electron chi connectivity index (χ0n) is 19.9. The Labute approximate surface area is 237 Å². The molecule has 0 fully saturated rings. The van der Waals surface area contributed by atoms with Crippen LogP contribution in [0.3, 0.4) is 0 Å². The highest BCUT2D eigenvalue weighted by molar-refractivity contribution is 6.68. The van der Waals surface area contributed by atoms with E-state index >= 15 is 0 Å². The van der Waals surface area contributed by atoms with Crippen LogP contribution in [-0.2, 0) is 0 Å². The van der Waals surface area contributed by atoms with Crippen molar-refractivity contribution in [1.29, 1.82) is 0 Å². The number of fused-ring (bicyclic) bond motifs is 4. The van der Waals surface area contributed by atoms with Gasteiger partial charge in [-0.1, -0.05) is 108 Å². The van der Waals surface area contributed by atoms with Crippen LogP contribution in [0.1, 0.15) is 63.7 Å². The molecule has 0 radical (unpaired) electrons. The number of ketones is 4. The molecule has 6 rings (SSSR count). The molecule has 0 amide bonds. The second-order valence-corrected chi connectivity index (χ2v) is 11.5. The van der Waals surface area contributed by atoms with Gasteiger partial charge in [0.05, 0.1) is 11.1 Å². The van der Waals surface area contributed by atoms with Gasteiger partial charge in [0.25, 0.3) is 0 Å². The van der Waals surface area contributed by atoms with Gasteiger partial charge < -0.3 is 10.6 Å². The lowest BCUT2D eigenvalue weighted by Gasteiger charge is -2.31. The highest BCUT2D eigenvalue weighted by Gasteiger charge is 2.38. The van der Waals surface area contributed by atoms with Crippen molar-refractivity contribution in [1.82, 2.24) is 0 Å². The van der Waals surface area contributed by atoms with Gasteiger partial charge in [0.15, 0.2) is 23.1 Å². The maximum atomic E-state index is 13.5. The monoisotopic (exact) mass is 574 g/mol. The maximum absolute atomic E-state index is 13.5. The summed E-state index contributed by atoms with van der Waals surface area (Å²) in [5.74, 6) is -1.27. The quantitative estimate of drug-likeness (QED) is 0.185. The molecule has 0 heterocycles. The second-order valence-electron chi connectivity index (χ2n) is 9.13. The van der Waals surface area contributed by atoms with Crippen LogP contribution in [0.5, 0.6) is 0 Å². The van der Waals surface area contributed by atoms with E-state index in [0.717, 1.165) is 0 Å². The van der Waals surface area contributed by atoms with Crippen molar-refractivity contribution >= 4 is 69.3 Å². The molecule has 192 valence electrons. The predicted molar refractivity (Wildman–Crippen MR) is 151 cm³/mol. The Hall–Kier alpha value is -3.97. The van der Waals surface area contributed by atoms with Crippen LogP contribution in [0.15, 0.2) is 84.9 Å². The SMILES string of the molecule is O=C1c2ccccc2C(=O)c2c(NC(Nc3cccc4c3C(=O)c3ccccc3C4=O)C(Cl)(Cl)Cl)cccc21. The van der Waals surface area contributed by atoms with Crippen molar-refractivity contribution in [3.8, 4) is 0 Å². The third kappa shape index (κ3) is 4.12. The topological polar surface area (TPSA) is 92.3 Å². The van der Waals surface area contributed by atoms with Crippen molar-refractivity contribution in [3.63, 3.8) is 0 Å². The summed E-state index contributed by atoms with van der Waals surface area (Å²) in [5, 5.41) is 6.11. The lowest BCUT2D eigenvalue weighted by molar-refractivity contribution is 0.0979. The average molecular weight is 576 g/mol. The summed E-state index contributed by atoms with van der Waals surface area (Å²) in [5.41, 5.74) is 2.48. The molecule has 0 aromatic heterocycles. The Balaban J connectivity index is 1.41. The predicted octanol–water partition coefficient (Wildman–Crippen LogP) is 6.46. The number of nitrogens with one attached hydrogen (secondary N) is 2. The van der Waals surface area contributed by atoms with Gasteiger partial charge in [0.1, 0.15) is 6.17 Å². The van der Waals surface area contributed by atoms with Crippen molar-refractivity contribution in [2.75, 3.05) is 10.6 Å². The van der Waals surface area contributed by atoms with Gasteiger partial charge in [-0.05, 0) is 12.1 Å². The van der Waals surface area contributed by atoms with E-state index < -0.39 is 9.96 Å². The first-order chi connectivity index (χ1) is 18.7. The molecule has 0 saturated carbocycles. The normalized spacial score (nSPS) is 13.9. The Morgan fingerprint density at radius 3 is 1.15 bits per heavy atom. The summed E-state index contributed by atoms with van der Waals surface area (Å²) in [7, 11) is 0. The van der Waals surface area contributed by atoms with E-state index in [9.17, 15) is 19.2 Å². The number of hydrogen-bond donors (Lipinski definition) is 2. The molecule has 39 heavy (non-hydrogen) atoms. The highest BCUT2D eigenvalue weighted by atomic mass is 35.6. The summed E-state index contributed by atoms with van der Waals surface area (Å²) in [6.45, 7) is 0. The Bertz CT molecular complexity index is 1620. The lowest BCUT2D eigenvalue weighted by Crippen LogP contribution is -2.42. The van der Waals surface area contributed by atoms with E-state index in [1.165, 1.54) is 0 Å². The molecule has 4 aromatic carbocycles. The number of carbonyl (C=O) groups excluding carboxylic acids is 4. The third-order valence-corrected chi connectivity index (χ3v) is 7.49. The Morgan fingerprint density at radius 1 is 0.462 bits per heavy atom. The summed E-state index contributed by atoms with van der Waals surface area (Å²) < 4.78 is -2.00. The molecule has 9 heteroatoms. The molecular formula is C30H17Cl3N2O4. The molecule has 0 unspecified atom stereocenters. The standard InChI is InChI=1S/C30H17Cl3N2O4/c31-30(32,33)29(34-21-13-5-11-19-23(21)27(38)17-9-3-1-7-15(17)25(19)36)35-22-14-6-12-20-24(22)28(39)18-10-4-2-8-16(18)26(20)37/h1-14,29,34-35H. The first-order valence-corrected chi connectivity index (χ1v) is 13.0. The zero-order valence-corrected chi connectivity index (χ0v) is 22.2. The molecule has 0 bridgehead atoms. The fourth-order valence-corrected chi connectivity index (χ4v) is 5.37. The molecule has 2 aliphatic carbocycles. The molecule has 2 N–H and O–H groups in total. The lowest BCUT2D eigenvalue weighted by atomic mass is 9.83. The van der Waals surface area contributed by atoms with Gasteiger partial charge in [-0.3, -0.25) is 19.2 Å². The smallest absolute Gasteiger partial charge is 0.228 e. The highest BCUT2D eigenvalue weighted by Crippen LogP contribution is 2.39. The van der Waals surface area contributed by atoms with Crippen LogP contribution in [0, 0.1) is 0 Å². The van der Waals surface area contributed by atoms with E-state index in [1.807, 2.05) is 0 Å². The van der Waals surface area contributed by atoms with Crippen molar-refractivity contribution < 1.29 is 19.2 Å². The number of halogens is 3. The Kier molecular flexibility index (Phi) is 6.07. The van der Waals surface area contributed by atoms with E-state index in [4.69, 9.17) is 34.8 Å². The van der Waals surface area contributed by atoms with Gasteiger partial charge >= 0.3 is 0 Å². The summed E-state index contributed by atoms with van der Waals surface area (Å²) in [6, 6.07) is 22.8. The minimum atomic E-state index is -2.00. The number of hydrogen-bond acceptors (Lipinski definition) is 6. The second kappa shape index (κ2) is 9.35. The molecule has 0 spiro atoms. The Morgan fingerprint density at radius 2 is 0.795 bits per heavy atom. The molecule has 4 aromatic rings. The average Bonchev–Trinajstić information content (AvgIpc) is 2.93. The summed E-state index contributed by atoms with van der Waals surface area (Å²) >= 11 is 19.1. The van der Waals surface area contributed by atoms with Gasteiger partial charge in [0, 0.05) is 44.8 Å². The van der Waals surface area contributed by atoms with Crippen LogP contribution in [0.4, 0.5) is 11.4 Å². The van der Waals surface area contributed by atoms with Crippen LogP contribution >= 0.6 is 34.8 Å². The number of benzene rings is 4.